The van der Waals surface area contributed by atoms with Crippen LogP contribution in [-0.2, 0) is 17.7 Å². The molecule has 0 amide bonds. The van der Waals surface area contributed by atoms with E-state index in [2.05, 4.69) is 23.8 Å². The lowest BCUT2D eigenvalue weighted by atomic mass is 9.60. The van der Waals surface area contributed by atoms with Gasteiger partial charge in [-0.15, -0.1) is 0 Å². The second-order valence-corrected chi connectivity index (χ2v) is 8.26. The van der Waals surface area contributed by atoms with Crippen LogP contribution < -0.4 is 0 Å². The van der Waals surface area contributed by atoms with E-state index in [1.807, 2.05) is 6.07 Å². The molecule has 1 atom stereocenters. The van der Waals surface area contributed by atoms with Gasteiger partial charge in [0.05, 0.1) is 12.7 Å². The van der Waals surface area contributed by atoms with E-state index in [0.717, 1.165) is 30.5 Å². The summed E-state index contributed by atoms with van der Waals surface area (Å²) in [6.07, 6.45) is 4.27. The molecule has 25 heavy (non-hydrogen) atoms. The van der Waals surface area contributed by atoms with Crippen LogP contribution in [0.5, 0.6) is 0 Å². The zero-order valence-electron chi connectivity index (χ0n) is 15.3. The fraction of sp³-hybridized carbons (Fsp3) is 0.650. The lowest BCUT2D eigenvalue weighted by Gasteiger charge is -2.62. The standard InChI is InChI=1S/C20H27FN2O2/c1-4-15-7-17-14(5-13(6-18(17)21)19(24)25-3)10-23(15)16-8-20(9-16)11-22(2)12-20/h5-6,15-16H,4,7-12H2,1-3H3/t15-/m1/s1. The fourth-order valence-corrected chi connectivity index (χ4v) is 5.32. The highest BCUT2D eigenvalue weighted by atomic mass is 19.1. The van der Waals surface area contributed by atoms with E-state index >= 15 is 0 Å². The molecular formula is C20H27FN2O2. The Kier molecular flexibility index (Phi) is 4.12. The van der Waals surface area contributed by atoms with Gasteiger partial charge in [0.25, 0.3) is 0 Å². The Morgan fingerprint density at radius 2 is 2.08 bits per heavy atom. The summed E-state index contributed by atoms with van der Waals surface area (Å²) in [7, 11) is 3.52. The lowest BCUT2D eigenvalue weighted by molar-refractivity contribution is -0.112. The van der Waals surface area contributed by atoms with Gasteiger partial charge < -0.3 is 9.64 Å². The van der Waals surface area contributed by atoms with Crippen molar-refractivity contribution in [3.63, 3.8) is 0 Å². The van der Waals surface area contributed by atoms with E-state index in [9.17, 15) is 9.18 Å². The van der Waals surface area contributed by atoms with Crippen LogP contribution in [0.4, 0.5) is 4.39 Å². The molecule has 5 heteroatoms. The highest BCUT2D eigenvalue weighted by molar-refractivity contribution is 5.89. The first-order valence-corrected chi connectivity index (χ1v) is 9.28. The van der Waals surface area contributed by atoms with Crippen molar-refractivity contribution >= 4 is 5.97 Å². The summed E-state index contributed by atoms with van der Waals surface area (Å²) in [5, 5.41) is 0. The van der Waals surface area contributed by atoms with Crippen molar-refractivity contribution in [2.45, 2.75) is 51.2 Å². The van der Waals surface area contributed by atoms with Crippen LogP contribution in [0.25, 0.3) is 0 Å². The fourth-order valence-electron chi connectivity index (χ4n) is 5.32. The molecule has 1 aromatic rings. The van der Waals surface area contributed by atoms with Crippen LogP contribution in [0, 0.1) is 11.2 Å². The van der Waals surface area contributed by atoms with Crippen molar-refractivity contribution in [3.8, 4) is 0 Å². The Hall–Kier alpha value is -1.46. The van der Waals surface area contributed by atoms with Gasteiger partial charge in [0.15, 0.2) is 0 Å². The van der Waals surface area contributed by atoms with E-state index in [-0.39, 0.29) is 5.82 Å². The Bertz CT molecular complexity index is 691. The molecule has 1 aliphatic carbocycles. The van der Waals surface area contributed by atoms with Crippen molar-refractivity contribution in [1.82, 2.24) is 9.80 Å². The monoisotopic (exact) mass is 346 g/mol. The third kappa shape index (κ3) is 2.77. The summed E-state index contributed by atoms with van der Waals surface area (Å²) in [5.41, 5.74) is 2.60. The molecular weight excluding hydrogens is 319 g/mol. The summed E-state index contributed by atoms with van der Waals surface area (Å²) < 4.78 is 19.3. The molecule has 1 saturated heterocycles. The van der Waals surface area contributed by atoms with Gasteiger partial charge in [0.1, 0.15) is 5.82 Å². The molecule has 0 radical (unpaired) electrons. The molecule has 2 fully saturated rings. The Morgan fingerprint density at radius 3 is 2.68 bits per heavy atom. The van der Waals surface area contributed by atoms with Gasteiger partial charge in [-0.3, -0.25) is 4.90 Å². The average Bonchev–Trinajstić information content (AvgIpc) is 2.54. The van der Waals surface area contributed by atoms with E-state index in [1.165, 1.54) is 39.1 Å². The van der Waals surface area contributed by atoms with Gasteiger partial charge >= 0.3 is 5.97 Å². The summed E-state index contributed by atoms with van der Waals surface area (Å²) in [4.78, 5) is 16.8. The first-order valence-electron chi connectivity index (χ1n) is 9.28. The van der Waals surface area contributed by atoms with Gasteiger partial charge in [0.2, 0.25) is 0 Å². The lowest BCUT2D eigenvalue weighted by Crippen LogP contribution is -2.66. The maximum atomic E-state index is 14.6. The van der Waals surface area contributed by atoms with Gasteiger partial charge in [-0.2, -0.15) is 0 Å². The molecule has 0 aromatic heterocycles. The molecule has 1 aromatic carbocycles. The van der Waals surface area contributed by atoms with E-state index in [1.54, 1.807) is 0 Å². The Balaban J connectivity index is 1.56. The molecule has 2 heterocycles. The first kappa shape index (κ1) is 17.0. The molecule has 4 nitrogen and oxygen atoms in total. The Labute approximate surface area is 148 Å². The number of halogens is 1. The normalized spacial score (nSPS) is 26.0. The van der Waals surface area contributed by atoms with Crippen LogP contribution in [0.3, 0.4) is 0 Å². The number of methoxy groups -OCH3 is 1. The molecule has 2 aliphatic heterocycles. The van der Waals surface area contributed by atoms with Crippen molar-refractivity contribution in [3.05, 3.63) is 34.6 Å². The minimum Gasteiger partial charge on any atom is -0.465 e. The van der Waals surface area contributed by atoms with Crippen molar-refractivity contribution in [1.29, 1.82) is 0 Å². The molecule has 3 aliphatic rings. The number of benzene rings is 1. The summed E-state index contributed by atoms with van der Waals surface area (Å²) in [5.74, 6) is -0.729. The smallest absolute Gasteiger partial charge is 0.337 e. The number of fused-ring (bicyclic) bond motifs is 1. The average molecular weight is 346 g/mol. The van der Waals surface area contributed by atoms with Crippen molar-refractivity contribution in [2.75, 3.05) is 27.2 Å². The number of nitrogens with zero attached hydrogens (tertiary/aromatic N) is 2. The number of carbonyl (C=O) groups excluding carboxylic acids is 1. The van der Waals surface area contributed by atoms with E-state index in [4.69, 9.17) is 4.74 Å². The summed E-state index contributed by atoms with van der Waals surface area (Å²) >= 11 is 0. The number of esters is 1. The Morgan fingerprint density at radius 1 is 1.36 bits per heavy atom. The molecule has 0 unspecified atom stereocenters. The minimum atomic E-state index is -0.467. The SMILES string of the molecule is CC[C@@H]1Cc2c(F)cc(C(=O)OC)cc2CN1C1CC2(C1)CN(C)C2. The quantitative estimate of drug-likeness (QED) is 0.788. The van der Waals surface area contributed by atoms with Crippen LogP contribution in [0.2, 0.25) is 0 Å². The second kappa shape index (κ2) is 6.06. The number of hydrogen-bond donors (Lipinski definition) is 0. The minimum absolute atomic E-state index is 0.262. The van der Waals surface area contributed by atoms with Crippen LogP contribution >= 0.6 is 0 Å². The molecule has 1 spiro atoms. The number of hydrogen-bond acceptors (Lipinski definition) is 4. The number of ether oxygens (including phenoxy) is 1. The summed E-state index contributed by atoms with van der Waals surface area (Å²) in [6, 6.07) is 4.15. The number of carbonyl (C=O) groups is 1. The highest BCUT2D eigenvalue weighted by Gasteiger charge is 2.53. The van der Waals surface area contributed by atoms with E-state index < -0.39 is 5.97 Å². The summed E-state index contributed by atoms with van der Waals surface area (Å²) in [6.45, 7) is 5.36. The van der Waals surface area contributed by atoms with Gasteiger partial charge in [0, 0.05) is 31.7 Å². The largest absolute Gasteiger partial charge is 0.465 e. The topological polar surface area (TPSA) is 32.8 Å². The second-order valence-electron chi connectivity index (χ2n) is 8.26. The zero-order chi connectivity index (χ0) is 17.8. The van der Waals surface area contributed by atoms with Gasteiger partial charge in [-0.05, 0) is 61.4 Å². The maximum Gasteiger partial charge on any atom is 0.337 e. The van der Waals surface area contributed by atoms with Gasteiger partial charge in [-0.1, -0.05) is 6.92 Å². The third-order valence-corrected chi connectivity index (χ3v) is 6.46. The zero-order valence-corrected chi connectivity index (χ0v) is 15.3. The third-order valence-electron chi connectivity index (χ3n) is 6.46. The molecule has 1 saturated carbocycles. The maximum absolute atomic E-state index is 14.6. The van der Waals surface area contributed by atoms with Gasteiger partial charge in [-0.25, -0.2) is 9.18 Å². The van der Waals surface area contributed by atoms with Crippen LogP contribution in [0.1, 0.15) is 47.7 Å². The van der Waals surface area contributed by atoms with Crippen molar-refractivity contribution in [2.24, 2.45) is 5.41 Å². The van der Waals surface area contributed by atoms with E-state index in [0.29, 0.717) is 23.1 Å². The van der Waals surface area contributed by atoms with Crippen molar-refractivity contribution < 1.29 is 13.9 Å². The molecule has 4 rings (SSSR count). The van der Waals surface area contributed by atoms with Crippen LogP contribution in [0.15, 0.2) is 12.1 Å². The highest BCUT2D eigenvalue weighted by Crippen LogP contribution is 2.51. The molecule has 136 valence electrons. The number of rotatable bonds is 3. The predicted molar refractivity (Wildman–Crippen MR) is 94.0 cm³/mol. The molecule has 0 N–H and O–H groups in total. The van der Waals surface area contributed by atoms with Crippen LogP contribution in [-0.4, -0.2) is 55.1 Å². The first-order chi connectivity index (χ1) is 11.9. The molecule has 0 bridgehead atoms. The number of likely N-dealkylation sites (tertiary alicyclic amines) is 1. The predicted octanol–water partition coefficient (Wildman–Crippen LogP) is 2.84.